The van der Waals surface area contributed by atoms with Crippen LogP contribution < -0.4 is 10.6 Å². The van der Waals surface area contributed by atoms with Crippen LogP contribution in [0.3, 0.4) is 0 Å². The molecule has 3 amide bonds. The van der Waals surface area contributed by atoms with Gasteiger partial charge in [0.1, 0.15) is 32.0 Å². The fourth-order valence-electron chi connectivity index (χ4n) is 3.57. The molecule has 13 nitrogen and oxygen atoms in total. The number of carbonyl (C=O) groups is 4. The summed E-state index contributed by atoms with van der Waals surface area (Å²) in [6.45, 7) is 2.86. The van der Waals surface area contributed by atoms with E-state index in [1.807, 2.05) is 12.1 Å². The number of aliphatic imine (C=N–C) groups is 1. The summed E-state index contributed by atoms with van der Waals surface area (Å²) >= 11 is 0. The molecule has 0 saturated carbocycles. The van der Waals surface area contributed by atoms with E-state index in [4.69, 9.17) is 18.9 Å². The highest BCUT2D eigenvalue weighted by molar-refractivity contribution is 6.02. The van der Waals surface area contributed by atoms with Gasteiger partial charge < -0.3 is 29.4 Å². The molecule has 0 radical (unpaired) electrons. The van der Waals surface area contributed by atoms with Crippen LogP contribution in [0.15, 0.2) is 78.3 Å². The Hall–Kier alpha value is -4.91. The van der Waals surface area contributed by atoms with Crippen molar-refractivity contribution in [2.45, 2.75) is 31.4 Å². The van der Waals surface area contributed by atoms with Crippen LogP contribution in [-0.4, -0.2) is 78.7 Å². The summed E-state index contributed by atoms with van der Waals surface area (Å²) in [4.78, 5) is 55.1. The third kappa shape index (κ3) is 8.56. The van der Waals surface area contributed by atoms with Gasteiger partial charge in [-0.05, 0) is 11.1 Å². The summed E-state index contributed by atoms with van der Waals surface area (Å²) in [5, 5.41) is 15.6. The lowest BCUT2D eigenvalue weighted by molar-refractivity contribution is -0.146. The Bertz CT molecular complexity index is 1210. The van der Waals surface area contributed by atoms with Gasteiger partial charge in [0.05, 0.1) is 13.7 Å². The lowest BCUT2D eigenvalue weighted by Gasteiger charge is -2.25. The normalized spacial score (nSPS) is 15.6. The average molecular weight is 555 g/mol. The SMILES string of the molecule is C=CCOC(=O)N[C@@H](C(=O)OC)[C@@H](O)[C@@H]1CN(C(=O)OCc2ccccc2)C(NC(=O)OCc2ccccc2)=N1. The number of methoxy groups -OCH3 is 1. The summed E-state index contributed by atoms with van der Waals surface area (Å²) in [5.74, 6) is -1.27. The number of rotatable bonds is 10. The van der Waals surface area contributed by atoms with E-state index in [1.54, 1.807) is 48.5 Å². The maximum Gasteiger partial charge on any atom is 0.417 e. The number of carbonyl (C=O) groups excluding carboxylic acids is 4. The number of ether oxygens (including phenoxy) is 4. The maximum atomic E-state index is 13.0. The number of nitrogens with zero attached hydrogens (tertiary/aromatic N) is 2. The van der Waals surface area contributed by atoms with Gasteiger partial charge >= 0.3 is 24.2 Å². The third-order valence-corrected chi connectivity index (χ3v) is 5.56. The van der Waals surface area contributed by atoms with Crippen LogP contribution in [0.4, 0.5) is 14.4 Å². The minimum absolute atomic E-state index is 0.0500. The van der Waals surface area contributed by atoms with Crippen molar-refractivity contribution in [3.8, 4) is 0 Å². The standard InChI is InChI=1S/C27H30N4O9/c1-3-14-38-25(34)29-21(23(33)37-2)22(32)20-15-31(27(36)40-17-19-12-8-5-9-13-19)24(28-20)30-26(35)39-16-18-10-6-4-7-11-18/h3-13,20-22,32H,1,14-17H2,2H3,(H,29,34)(H,28,30,35)/t20-,21+,22-/m0/s1. The number of guanidine groups is 1. The summed E-state index contributed by atoms with van der Waals surface area (Å²) < 4.78 is 20.1. The molecule has 13 heteroatoms. The molecule has 2 aromatic rings. The number of nitrogens with one attached hydrogen (secondary N) is 2. The number of amides is 3. The Labute approximate surface area is 230 Å². The smallest absolute Gasteiger partial charge is 0.417 e. The number of alkyl carbamates (subject to hydrolysis) is 2. The van der Waals surface area contributed by atoms with E-state index in [1.165, 1.54) is 6.08 Å². The highest BCUT2D eigenvalue weighted by Crippen LogP contribution is 2.17. The van der Waals surface area contributed by atoms with Gasteiger partial charge in [0.25, 0.3) is 0 Å². The number of benzene rings is 2. The molecule has 212 valence electrons. The molecule has 0 aliphatic carbocycles. The van der Waals surface area contributed by atoms with Gasteiger partial charge in [-0.2, -0.15) is 0 Å². The van der Waals surface area contributed by atoms with E-state index in [0.29, 0.717) is 5.56 Å². The zero-order chi connectivity index (χ0) is 28.9. The van der Waals surface area contributed by atoms with Crippen molar-refractivity contribution in [1.82, 2.24) is 15.5 Å². The van der Waals surface area contributed by atoms with Gasteiger partial charge in [-0.15, -0.1) is 0 Å². The number of hydrogen-bond donors (Lipinski definition) is 3. The number of aliphatic hydroxyl groups excluding tert-OH is 1. The summed E-state index contributed by atoms with van der Waals surface area (Å²) in [6.07, 6.45) is -3.19. The zero-order valence-corrected chi connectivity index (χ0v) is 21.7. The molecule has 3 rings (SSSR count). The maximum absolute atomic E-state index is 13.0. The molecular weight excluding hydrogens is 524 g/mol. The lowest BCUT2D eigenvalue weighted by Crippen LogP contribution is -2.54. The predicted octanol–water partition coefficient (Wildman–Crippen LogP) is 2.10. The third-order valence-electron chi connectivity index (χ3n) is 5.56. The number of aliphatic hydroxyl groups is 1. The number of esters is 1. The van der Waals surface area contributed by atoms with Crippen LogP contribution in [0.1, 0.15) is 11.1 Å². The van der Waals surface area contributed by atoms with Crippen LogP contribution >= 0.6 is 0 Å². The molecule has 0 unspecified atom stereocenters. The molecule has 1 heterocycles. The van der Waals surface area contributed by atoms with E-state index in [0.717, 1.165) is 17.6 Å². The second kappa shape index (κ2) is 14.9. The monoisotopic (exact) mass is 554 g/mol. The molecule has 0 saturated heterocycles. The van der Waals surface area contributed by atoms with E-state index in [9.17, 15) is 24.3 Å². The summed E-state index contributed by atoms with van der Waals surface area (Å²) in [5.41, 5.74) is 1.45. The first-order valence-electron chi connectivity index (χ1n) is 12.2. The molecule has 40 heavy (non-hydrogen) atoms. The quantitative estimate of drug-likeness (QED) is 0.227. The molecule has 0 spiro atoms. The first-order valence-corrected chi connectivity index (χ1v) is 12.2. The Morgan fingerprint density at radius 3 is 2.17 bits per heavy atom. The molecule has 0 fully saturated rings. The predicted molar refractivity (Wildman–Crippen MR) is 141 cm³/mol. The van der Waals surface area contributed by atoms with Gasteiger partial charge in [0.15, 0.2) is 6.04 Å². The molecule has 1 aliphatic rings. The molecule has 2 aromatic carbocycles. The van der Waals surface area contributed by atoms with E-state index in [-0.39, 0.29) is 32.3 Å². The van der Waals surface area contributed by atoms with Crippen molar-refractivity contribution < 1.29 is 43.2 Å². The van der Waals surface area contributed by atoms with Crippen molar-refractivity contribution in [2.24, 2.45) is 4.99 Å². The van der Waals surface area contributed by atoms with Crippen LogP contribution in [0.2, 0.25) is 0 Å². The topological polar surface area (TPSA) is 165 Å². The minimum atomic E-state index is -1.69. The highest BCUT2D eigenvalue weighted by atomic mass is 16.6. The summed E-state index contributed by atoms with van der Waals surface area (Å²) in [6, 6.07) is 15.0. The van der Waals surface area contributed by atoms with Crippen LogP contribution in [0, 0.1) is 0 Å². The largest absolute Gasteiger partial charge is 0.467 e. The fraction of sp³-hybridized carbons (Fsp3) is 0.296. The van der Waals surface area contributed by atoms with Gasteiger partial charge in [-0.1, -0.05) is 73.3 Å². The second-order valence-electron chi connectivity index (χ2n) is 8.38. The van der Waals surface area contributed by atoms with Gasteiger partial charge in [-0.3, -0.25) is 5.32 Å². The first-order chi connectivity index (χ1) is 19.3. The Morgan fingerprint density at radius 1 is 1.00 bits per heavy atom. The lowest BCUT2D eigenvalue weighted by atomic mass is 10.0. The van der Waals surface area contributed by atoms with Crippen molar-refractivity contribution >= 4 is 30.2 Å². The molecule has 3 atom stereocenters. The van der Waals surface area contributed by atoms with Crippen LogP contribution in [-0.2, 0) is 37.0 Å². The fourth-order valence-corrected chi connectivity index (χ4v) is 3.57. The zero-order valence-electron chi connectivity index (χ0n) is 21.7. The minimum Gasteiger partial charge on any atom is -0.467 e. The molecule has 0 aromatic heterocycles. The second-order valence-corrected chi connectivity index (χ2v) is 8.38. The Morgan fingerprint density at radius 2 is 1.60 bits per heavy atom. The van der Waals surface area contributed by atoms with Crippen LogP contribution in [0.5, 0.6) is 0 Å². The van der Waals surface area contributed by atoms with Crippen molar-refractivity contribution in [2.75, 3.05) is 20.3 Å². The summed E-state index contributed by atoms with van der Waals surface area (Å²) in [7, 11) is 1.07. The molecule has 3 N–H and O–H groups in total. The molecule has 1 aliphatic heterocycles. The Balaban J connectivity index is 1.75. The van der Waals surface area contributed by atoms with Crippen molar-refractivity contribution in [1.29, 1.82) is 0 Å². The molecular formula is C27H30N4O9. The van der Waals surface area contributed by atoms with Crippen molar-refractivity contribution in [3.63, 3.8) is 0 Å². The number of hydrogen-bond acceptors (Lipinski definition) is 10. The average Bonchev–Trinajstić information content (AvgIpc) is 3.40. The Kier molecular flexibility index (Phi) is 11.0. The first kappa shape index (κ1) is 29.6. The van der Waals surface area contributed by atoms with Gasteiger partial charge in [0.2, 0.25) is 5.96 Å². The van der Waals surface area contributed by atoms with E-state index >= 15 is 0 Å². The van der Waals surface area contributed by atoms with Gasteiger partial charge in [-0.25, -0.2) is 29.1 Å². The van der Waals surface area contributed by atoms with E-state index in [2.05, 4.69) is 22.2 Å². The molecule has 0 bridgehead atoms. The van der Waals surface area contributed by atoms with Gasteiger partial charge in [0, 0.05) is 0 Å². The van der Waals surface area contributed by atoms with Crippen molar-refractivity contribution in [3.05, 3.63) is 84.4 Å². The van der Waals surface area contributed by atoms with Crippen LogP contribution in [0.25, 0.3) is 0 Å². The highest BCUT2D eigenvalue weighted by Gasteiger charge is 2.42. The van der Waals surface area contributed by atoms with E-state index < -0.39 is 42.4 Å².